The van der Waals surface area contributed by atoms with E-state index in [9.17, 15) is 5.11 Å². The zero-order valence-corrected chi connectivity index (χ0v) is 13.0. The van der Waals surface area contributed by atoms with Crippen LogP contribution in [-0.4, -0.2) is 14.9 Å². The topological polar surface area (TPSA) is 38.1 Å². The average Bonchev–Trinajstić information content (AvgIpc) is 2.86. The molecule has 3 heteroatoms. The van der Waals surface area contributed by atoms with E-state index in [1.807, 2.05) is 47.1 Å². The van der Waals surface area contributed by atoms with Crippen LogP contribution in [0, 0.1) is 6.92 Å². The van der Waals surface area contributed by atoms with E-state index in [4.69, 9.17) is 0 Å². The van der Waals surface area contributed by atoms with Gasteiger partial charge in [-0.2, -0.15) is 0 Å². The van der Waals surface area contributed by atoms with Crippen LogP contribution in [0.15, 0.2) is 54.6 Å². The molecule has 1 N–H and O–H groups in total. The van der Waals surface area contributed by atoms with Gasteiger partial charge in [-0.15, -0.1) is 5.10 Å². The number of nitrogens with zero attached hydrogens (tertiary/aromatic N) is 2. The van der Waals surface area contributed by atoms with Gasteiger partial charge < -0.3 is 5.11 Å². The van der Waals surface area contributed by atoms with Gasteiger partial charge in [0.1, 0.15) is 0 Å². The number of aromatic nitrogens is 2. The molecule has 0 bridgehead atoms. The first kappa shape index (κ1) is 14.4. The van der Waals surface area contributed by atoms with Crippen LogP contribution >= 0.6 is 0 Å². The molecule has 22 heavy (non-hydrogen) atoms. The summed E-state index contributed by atoms with van der Waals surface area (Å²) in [5, 5.41) is 14.8. The van der Waals surface area contributed by atoms with Gasteiger partial charge in [-0.25, -0.2) is 4.68 Å². The SMILES string of the molecule is CCCc1c(-c2ccc(C)cc2)c(O)nn1-c1ccccc1. The summed E-state index contributed by atoms with van der Waals surface area (Å²) in [6.07, 6.45) is 1.86. The fourth-order valence-corrected chi connectivity index (χ4v) is 2.71. The third-order valence-electron chi connectivity index (χ3n) is 3.79. The van der Waals surface area contributed by atoms with Crippen LogP contribution in [0.2, 0.25) is 0 Å². The first-order valence-corrected chi connectivity index (χ1v) is 7.64. The van der Waals surface area contributed by atoms with Gasteiger partial charge in [0, 0.05) is 0 Å². The number of hydrogen-bond acceptors (Lipinski definition) is 2. The fourth-order valence-electron chi connectivity index (χ4n) is 2.71. The van der Waals surface area contributed by atoms with Crippen molar-refractivity contribution >= 4 is 0 Å². The smallest absolute Gasteiger partial charge is 0.239 e. The molecule has 0 saturated carbocycles. The Balaban J connectivity index is 2.18. The lowest BCUT2D eigenvalue weighted by Crippen LogP contribution is -2.02. The fraction of sp³-hybridized carbons (Fsp3) is 0.211. The van der Waals surface area contributed by atoms with Gasteiger partial charge in [0.05, 0.1) is 16.9 Å². The van der Waals surface area contributed by atoms with Gasteiger partial charge in [-0.05, 0) is 31.0 Å². The minimum absolute atomic E-state index is 0.0937. The van der Waals surface area contributed by atoms with Gasteiger partial charge in [-0.3, -0.25) is 0 Å². The molecule has 0 radical (unpaired) electrons. The van der Waals surface area contributed by atoms with Crippen molar-refractivity contribution in [1.29, 1.82) is 0 Å². The van der Waals surface area contributed by atoms with E-state index in [0.29, 0.717) is 0 Å². The minimum Gasteiger partial charge on any atom is -0.492 e. The molecule has 3 nitrogen and oxygen atoms in total. The van der Waals surface area contributed by atoms with Crippen LogP contribution < -0.4 is 0 Å². The minimum atomic E-state index is 0.0937. The van der Waals surface area contributed by atoms with Crippen molar-refractivity contribution in [2.24, 2.45) is 0 Å². The summed E-state index contributed by atoms with van der Waals surface area (Å²) in [7, 11) is 0. The molecule has 3 aromatic rings. The van der Waals surface area contributed by atoms with Crippen LogP contribution in [0.5, 0.6) is 5.88 Å². The monoisotopic (exact) mass is 292 g/mol. The van der Waals surface area contributed by atoms with Crippen LogP contribution in [0.3, 0.4) is 0 Å². The van der Waals surface area contributed by atoms with Gasteiger partial charge in [0.2, 0.25) is 5.88 Å². The van der Waals surface area contributed by atoms with Gasteiger partial charge in [-0.1, -0.05) is 61.4 Å². The number of hydrogen-bond donors (Lipinski definition) is 1. The summed E-state index contributed by atoms with van der Waals surface area (Å²) < 4.78 is 1.86. The van der Waals surface area contributed by atoms with E-state index in [1.54, 1.807) is 0 Å². The second kappa shape index (κ2) is 6.06. The molecule has 0 aliphatic carbocycles. The van der Waals surface area contributed by atoms with E-state index in [1.165, 1.54) is 5.56 Å². The first-order valence-electron chi connectivity index (χ1n) is 7.64. The normalized spacial score (nSPS) is 10.8. The number of aryl methyl sites for hydroxylation is 1. The first-order chi connectivity index (χ1) is 10.7. The highest BCUT2D eigenvalue weighted by Crippen LogP contribution is 2.34. The molecule has 0 saturated heterocycles. The summed E-state index contributed by atoms with van der Waals surface area (Å²) in [5.41, 5.74) is 5.07. The number of para-hydroxylation sites is 1. The van der Waals surface area contributed by atoms with Crippen LogP contribution in [-0.2, 0) is 6.42 Å². The van der Waals surface area contributed by atoms with Crippen molar-refractivity contribution in [2.45, 2.75) is 26.7 Å². The Hall–Kier alpha value is -2.55. The quantitative estimate of drug-likeness (QED) is 0.768. The van der Waals surface area contributed by atoms with Gasteiger partial charge >= 0.3 is 0 Å². The van der Waals surface area contributed by atoms with Crippen LogP contribution in [0.25, 0.3) is 16.8 Å². The van der Waals surface area contributed by atoms with Crippen molar-refractivity contribution in [3.8, 4) is 22.7 Å². The third-order valence-corrected chi connectivity index (χ3v) is 3.79. The Bertz CT molecular complexity index is 758. The highest BCUT2D eigenvalue weighted by atomic mass is 16.3. The zero-order chi connectivity index (χ0) is 15.5. The summed E-state index contributed by atoms with van der Waals surface area (Å²) in [5.74, 6) is 0.0937. The van der Waals surface area contributed by atoms with E-state index >= 15 is 0 Å². The molecular formula is C19H20N2O. The predicted octanol–water partition coefficient (Wildman–Crippen LogP) is 4.51. The Morgan fingerprint density at radius 2 is 1.68 bits per heavy atom. The summed E-state index contributed by atoms with van der Waals surface area (Å²) in [4.78, 5) is 0. The molecule has 3 rings (SSSR count). The van der Waals surface area contributed by atoms with E-state index in [0.717, 1.165) is 35.3 Å². The number of aromatic hydroxyl groups is 1. The molecule has 0 amide bonds. The average molecular weight is 292 g/mol. The van der Waals surface area contributed by atoms with Crippen molar-refractivity contribution in [2.75, 3.05) is 0 Å². The molecule has 112 valence electrons. The van der Waals surface area contributed by atoms with E-state index < -0.39 is 0 Å². The highest BCUT2D eigenvalue weighted by Gasteiger charge is 2.19. The second-order valence-electron chi connectivity index (χ2n) is 5.51. The van der Waals surface area contributed by atoms with Gasteiger partial charge in [0.15, 0.2) is 0 Å². The van der Waals surface area contributed by atoms with Crippen LogP contribution in [0.4, 0.5) is 0 Å². The zero-order valence-electron chi connectivity index (χ0n) is 13.0. The Morgan fingerprint density at radius 3 is 2.32 bits per heavy atom. The maximum Gasteiger partial charge on any atom is 0.239 e. The second-order valence-corrected chi connectivity index (χ2v) is 5.51. The largest absolute Gasteiger partial charge is 0.492 e. The molecule has 2 aromatic carbocycles. The van der Waals surface area contributed by atoms with E-state index in [2.05, 4.69) is 31.1 Å². The number of rotatable bonds is 4. The van der Waals surface area contributed by atoms with Crippen molar-refractivity contribution in [1.82, 2.24) is 9.78 Å². The lowest BCUT2D eigenvalue weighted by molar-refractivity contribution is 0.449. The maximum absolute atomic E-state index is 10.4. The van der Waals surface area contributed by atoms with Crippen LogP contribution in [0.1, 0.15) is 24.6 Å². The standard InChI is InChI=1S/C19H20N2O/c1-3-7-17-18(15-12-10-14(2)11-13-15)19(22)20-21(17)16-8-5-4-6-9-16/h4-6,8-13H,3,7H2,1-2H3,(H,20,22). The highest BCUT2D eigenvalue weighted by molar-refractivity contribution is 5.72. The third kappa shape index (κ3) is 2.62. The molecule has 0 spiro atoms. The van der Waals surface area contributed by atoms with Crippen molar-refractivity contribution in [3.05, 3.63) is 65.9 Å². The molecule has 0 aliphatic heterocycles. The predicted molar refractivity (Wildman–Crippen MR) is 89.4 cm³/mol. The number of benzene rings is 2. The van der Waals surface area contributed by atoms with Gasteiger partial charge in [0.25, 0.3) is 0 Å². The Kier molecular flexibility index (Phi) is 3.96. The molecule has 1 heterocycles. The lowest BCUT2D eigenvalue weighted by Gasteiger charge is -2.09. The maximum atomic E-state index is 10.4. The van der Waals surface area contributed by atoms with E-state index in [-0.39, 0.29) is 5.88 Å². The molecule has 0 fully saturated rings. The van der Waals surface area contributed by atoms with Crippen molar-refractivity contribution in [3.63, 3.8) is 0 Å². The molecule has 0 atom stereocenters. The Labute approximate surface area is 130 Å². The Morgan fingerprint density at radius 1 is 1.00 bits per heavy atom. The lowest BCUT2D eigenvalue weighted by atomic mass is 10.0. The summed E-state index contributed by atoms with van der Waals surface area (Å²) >= 11 is 0. The molecular weight excluding hydrogens is 272 g/mol. The van der Waals surface area contributed by atoms with Crippen molar-refractivity contribution < 1.29 is 5.11 Å². The summed E-state index contributed by atoms with van der Waals surface area (Å²) in [6.45, 7) is 4.20. The molecule has 0 unspecified atom stereocenters. The summed E-state index contributed by atoms with van der Waals surface area (Å²) in [6, 6.07) is 18.2. The molecule has 0 aliphatic rings. The molecule has 1 aromatic heterocycles.